The van der Waals surface area contributed by atoms with Crippen molar-refractivity contribution in [1.82, 2.24) is 14.6 Å². The van der Waals surface area contributed by atoms with Crippen LogP contribution in [0, 0.1) is 0 Å². The molecule has 2 fully saturated rings. The molecular weight excluding hydrogens is 496 g/mol. The molecule has 0 spiro atoms. The summed E-state index contributed by atoms with van der Waals surface area (Å²) in [4.78, 5) is 20.0. The summed E-state index contributed by atoms with van der Waals surface area (Å²) < 4.78 is 3.74. The molecule has 194 valence electrons. The van der Waals surface area contributed by atoms with E-state index in [0.717, 1.165) is 72.9 Å². The number of aromatic amines is 1. The number of hydrogen-bond donors (Lipinski definition) is 2. The molecule has 2 aliphatic rings. The largest absolute Gasteiger partial charge is 0.369 e. The summed E-state index contributed by atoms with van der Waals surface area (Å²) in [5, 5.41) is 6.66. The van der Waals surface area contributed by atoms with Crippen molar-refractivity contribution in [2.24, 2.45) is 0 Å². The van der Waals surface area contributed by atoms with E-state index in [1.807, 2.05) is 0 Å². The van der Waals surface area contributed by atoms with Crippen molar-refractivity contribution in [3.05, 3.63) is 65.2 Å². The molecule has 1 saturated heterocycles. The van der Waals surface area contributed by atoms with Crippen LogP contribution in [0.15, 0.2) is 54.7 Å². The summed E-state index contributed by atoms with van der Waals surface area (Å²) in [5.41, 5.74) is 3.70. The molecule has 37 heavy (non-hydrogen) atoms. The van der Waals surface area contributed by atoms with Gasteiger partial charge in [0.15, 0.2) is 0 Å². The topological polar surface area (TPSA) is 51.4 Å². The van der Waals surface area contributed by atoms with Crippen LogP contribution < -0.4 is 10.2 Å². The molecule has 2 aromatic carbocycles. The monoisotopic (exact) mass is 532 g/mol. The molecule has 0 radical (unpaired) electrons. The van der Waals surface area contributed by atoms with Crippen molar-refractivity contribution < 1.29 is 4.79 Å². The summed E-state index contributed by atoms with van der Waals surface area (Å²) in [6.45, 7) is 6.58. The molecule has 6 rings (SSSR count). The fourth-order valence-electron chi connectivity index (χ4n) is 5.26. The average Bonchev–Trinajstić information content (AvgIpc) is 3.48. The molecular formula is C30H36N4OS2. The fourth-order valence-corrected chi connectivity index (χ4v) is 7.40. The van der Waals surface area contributed by atoms with Crippen molar-refractivity contribution in [3.8, 4) is 0 Å². The Morgan fingerprint density at radius 1 is 1.14 bits per heavy atom. The second-order valence-corrected chi connectivity index (χ2v) is 12.9. The minimum absolute atomic E-state index is 0.0504. The molecule has 5 nitrogen and oxygen atoms in total. The van der Waals surface area contributed by atoms with Gasteiger partial charge in [-0.05, 0) is 60.9 Å². The van der Waals surface area contributed by atoms with Crippen LogP contribution in [0.2, 0.25) is 0 Å². The predicted octanol–water partition coefficient (Wildman–Crippen LogP) is 6.85. The number of para-hydroxylation sites is 1. The minimum Gasteiger partial charge on any atom is -0.369 e. The number of carbonyl (C=O) groups is 1. The number of nitrogens with one attached hydrogen (secondary N) is 2. The Morgan fingerprint density at radius 3 is 2.78 bits per heavy atom. The van der Waals surface area contributed by atoms with Crippen LogP contribution >= 0.6 is 23.3 Å². The van der Waals surface area contributed by atoms with Gasteiger partial charge in [-0.1, -0.05) is 56.0 Å². The minimum atomic E-state index is 0.0504. The van der Waals surface area contributed by atoms with E-state index in [2.05, 4.69) is 93.1 Å². The molecule has 0 bridgehead atoms. The van der Waals surface area contributed by atoms with E-state index in [0.29, 0.717) is 0 Å². The number of unbranched alkanes of at least 4 members (excludes halogenated alkanes) is 1. The molecule has 2 N–H and O–H groups in total. The molecule has 1 saturated carbocycles. The number of fused-ring (bicyclic) bond motifs is 2. The lowest BCUT2D eigenvalue weighted by Gasteiger charge is -2.35. The molecule has 4 aromatic rings. The van der Waals surface area contributed by atoms with E-state index in [1.165, 1.54) is 34.2 Å². The second-order valence-electron chi connectivity index (χ2n) is 10.4. The van der Waals surface area contributed by atoms with Crippen molar-refractivity contribution in [3.63, 3.8) is 0 Å². The van der Waals surface area contributed by atoms with E-state index >= 15 is 0 Å². The summed E-state index contributed by atoms with van der Waals surface area (Å²) >= 11 is 3.68. The van der Waals surface area contributed by atoms with Gasteiger partial charge in [-0.3, -0.25) is 4.79 Å². The number of rotatable bonds is 10. The summed E-state index contributed by atoms with van der Waals surface area (Å²) in [6.07, 6.45) is 8.93. The maximum Gasteiger partial charge on any atom is 0.261 e. The molecule has 1 amide bonds. The van der Waals surface area contributed by atoms with Gasteiger partial charge in [-0.2, -0.15) is 0 Å². The van der Waals surface area contributed by atoms with Crippen LogP contribution in [-0.4, -0.2) is 52.7 Å². The van der Waals surface area contributed by atoms with Crippen LogP contribution in [0.25, 0.3) is 21.0 Å². The Balaban J connectivity index is 1.13. The number of nitrogens with zero attached hydrogens (tertiary/aromatic N) is 2. The summed E-state index contributed by atoms with van der Waals surface area (Å²) in [5.74, 6) is 0.0504. The SMILES string of the molecule is CCCCC(Cc1c[nH]c2ccccc12)NC(=O)c1cc2ccc(N3CCN(SC4CC4)CC3)cc2s1. The Hall–Kier alpha value is -2.48. The number of anilines is 1. The lowest BCUT2D eigenvalue weighted by molar-refractivity contribution is 0.0938. The van der Waals surface area contributed by atoms with E-state index < -0.39 is 0 Å². The third-order valence-corrected chi connectivity index (χ3v) is 10.1. The van der Waals surface area contributed by atoms with Gasteiger partial charge < -0.3 is 15.2 Å². The van der Waals surface area contributed by atoms with Crippen molar-refractivity contribution in [2.75, 3.05) is 31.1 Å². The molecule has 1 unspecified atom stereocenters. The number of hydrogen-bond acceptors (Lipinski definition) is 5. The van der Waals surface area contributed by atoms with Crippen molar-refractivity contribution in [1.29, 1.82) is 0 Å². The number of carbonyl (C=O) groups excluding carboxylic acids is 1. The number of amides is 1. The molecule has 1 aliphatic heterocycles. The zero-order chi connectivity index (χ0) is 25.2. The predicted molar refractivity (Wildman–Crippen MR) is 159 cm³/mol. The molecule has 7 heteroatoms. The number of piperazine rings is 1. The number of thiophene rings is 1. The van der Waals surface area contributed by atoms with Gasteiger partial charge in [-0.25, -0.2) is 4.31 Å². The van der Waals surface area contributed by atoms with Gasteiger partial charge in [0.2, 0.25) is 0 Å². The normalized spacial score (nSPS) is 17.5. The van der Waals surface area contributed by atoms with Gasteiger partial charge in [0.05, 0.1) is 4.88 Å². The number of benzene rings is 2. The standard InChI is InChI=1S/C30H36N4OS2/c1-2-3-6-23(17-22-20-31-27-8-5-4-7-26(22)27)32-30(35)29-18-21-9-10-24(19-28(21)36-29)33-13-15-34(16-14-33)37-25-11-12-25/h4-5,7-10,18-20,23,25,31H,2-3,6,11-17H2,1H3,(H,32,35). The van der Waals surface area contributed by atoms with E-state index in [1.54, 1.807) is 11.3 Å². The van der Waals surface area contributed by atoms with E-state index in [-0.39, 0.29) is 11.9 Å². The summed E-state index contributed by atoms with van der Waals surface area (Å²) in [6, 6.07) is 17.3. The Labute approximate surface area is 227 Å². The highest BCUT2D eigenvalue weighted by atomic mass is 32.2. The van der Waals surface area contributed by atoms with Crippen LogP contribution in [0.3, 0.4) is 0 Å². The Morgan fingerprint density at radius 2 is 1.97 bits per heavy atom. The average molecular weight is 533 g/mol. The van der Waals surface area contributed by atoms with Gasteiger partial charge in [-0.15, -0.1) is 11.3 Å². The lowest BCUT2D eigenvalue weighted by Crippen LogP contribution is -2.43. The van der Waals surface area contributed by atoms with Crippen LogP contribution in [0.1, 0.15) is 54.3 Å². The third-order valence-electron chi connectivity index (χ3n) is 7.54. The third kappa shape index (κ3) is 5.84. The first-order valence-electron chi connectivity index (χ1n) is 13.7. The van der Waals surface area contributed by atoms with E-state index in [9.17, 15) is 4.79 Å². The smallest absolute Gasteiger partial charge is 0.261 e. The Kier molecular flexibility index (Phi) is 7.45. The van der Waals surface area contributed by atoms with Gasteiger partial charge in [0, 0.05) is 65.0 Å². The summed E-state index contributed by atoms with van der Waals surface area (Å²) in [7, 11) is 0. The van der Waals surface area contributed by atoms with Gasteiger partial charge in [0.25, 0.3) is 5.91 Å². The highest BCUT2D eigenvalue weighted by molar-refractivity contribution is 7.97. The Bertz CT molecular complexity index is 1370. The fraction of sp³-hybridized carbons (Fsp3) is 0.433. The first kappa shape index (κ1) is 24.8. The number of H-pyrrole nitrogens is 1. The zero-order valence-corrected chi connectivity index (χ0v) is 23.2. The van der Waals surface area contributed by atoms with Crippen molar-refractivity contribution >= 4 is 55.9 Å². The van der Waals surface area contributed by atoms with Gasteiger partial charge in [0.1, 0.15) is 0 Å². The van der Waals surface area contributed by atoms with Crippen LogP contribution in [-0.2, 0) is 6.42 Å². The maximum atomic E-state index is 13.4. The first-order chi connectivity index (χ1) is 18.2. The molecule has 1 aliphatic carbocycles. The van der Waals surface area contributed by atoms with Crippen molar-refractivity contribution in [2.45, 2.75) is 56.7 Å². The number of aromatic nitrogens is 1. The van der Waals surface area contributed by atoms with E-state index in [4.69, 9.17) is 0 Å². The molecule has 1 atom stereocenters. The van der Waals surface area contributed by atoms with Crippen LogP contribution in [0.5, 0.6) is 0 Å². The highest BCUT2D eigenvalue weighted by Gasteiger charge is 2.27. The highest BCUT2D eigenvalue weighted by Crippen LogP contribution is 2.37. The van der Waals surface area contributed by atoms with Gasteiger partial charge >= 0.3 is 0 Å². The van der Waals surface area contributed by atoms with Crippen LogP contribution in [0.4, 0.5) is 5.69 Å². The lowest BCUT2D eigenvalue weighted by atomic mass is 10.0. The second kappa shape index (κ2) is 11.1. The molecule has 3 heterocycles. The first-order valence-corrected chi connectivity index (χ1v) is 15.4. The zero-order valence-electron chi connectivity index (χ0n) is 21.5. The molecule has 2 aromatic heterocycles. The maximum absolute atomic E-state index is 13.4. The quantitative estimate of drug-likeness (QED) is 0.219.